The minimum atomic E-state index is 0.483. The standard InChI is InChI=1S/C13H19N5/c1-18-9-2-4-11(10-18)12-5-6-13(17-16-12)15-8-3-7-14/h5-6,11H,2-4,8-10H2,1H3,(H,15,17). The highest BCUT2D eigenvalue weighted by Crippen LogP contribution is 2.24. The summed E-state index contributed by atoms with van der Waals surface area (Å²) in [6.45, 7) is 2.87. The summed E-state index contributed by atoms with van der Waals surface area (Å²) in [6, 6.07) is 6.09. The van der Waals surface area contributed by atoms with Crippen molar-refractivity contribution in [2.24, 2.45) is 0 Å². The molecule has 0 radical (unpaired) electrons. The number of hydrogen-bond donors (Lipinski definition) is 1. The van der Waals surface area contributed by atoms with Gasteiger partial charge in [0.25, 0.3) is 0 Å². The fourth-order valence-electron chi connectivity index (χ4n) is 2.31. The van der Waals surface area contributed by atoms with Gasteiger partial charge in [-0.25, -0.2) is 0 Å². The van der Waals surface area contributed by atoms with Crippen LogP contribution in [0.25, 0.3) is 0 Å². The van der Waals surface area contributed by atoms with Gasteiger partial charge in [-0.1, -0.05) is 0 Å². The first-order valence-electron chi connectivity index (χ1n) is 6.42. The number of nitrogens with zero attached hydrogens (tertiary/aromatic N) is 4. The first kappa shape index (κ1) is 12.8. The van der Waals surface area contributed by atoms with E-state index < -0.39 is 0 Å². The van der Waals surface area contributed by atoms with Crippen LogP contribution in [-0.4, -0.2) is 41.8 Å². The molecule has 0 aliphatic carbocycles. The molecule has 0 aromatic carbocycles. The van der Waals surface area contributed by atoms with Crippen molar-refractivity contribution in [1.82, 2.24) is 15.1 Å². The monoisotopic (exact) mass is 245 g/mol. The molecule has 18 heavy (non-hydrogen) atoms. The van der Waals surface area contributed by atoms with E-state index in [1.54, 1.807) is 0 Å². The Morgan fingerprint density at radius 1 is 1.50 bits per heavy atom. The zero-order valence-electron chi connectivity index (χ0n) is 10.8. The van der Waals surface area contributed by atoms with Gasteiger partial charge in [0.2, 0.25) is 0 Å². The third-order valence-corrected chi connectivity index (χ3v) is 3.27. The number of nitrogens with one attached hydrogen (secondary N) is 1. The van der Waals surface area contributed by atoms with Crippen LogP contribution in [-0.2, 0) is 0 Å². The van der Waals surface area contributed by atoms with Gasteiger partial charge in [0, 0.05) is 19.0 Å². The molecule has 1 saturated heterocycles. The first-order valence-corrected chi connectivity index (χ1v) is 6.42. The van der Waals surface area contributed by atoms with Crippen LogP contribution in [0.15, 0.2) is 12.1 Å². The highest BCUT2D eigenvalue weighted by atomic mass is 15.2. The molecule has 1 unspecified atom stereocenters. The highest BCUT2D eigenvalue weighted by molar-refractivity contribution is 5.33. The quantitative estimate of drug-likeness (QED) is 0.816. The second kappa shape index (κ2) is 6.31. The van der Waals surface area contributed by atoms with Crippen LogP contribution in [0.3, 0.4) is 0 Å². The van der Waals surface area contributed by atoms with Crippen LogP contribution >= 0.6 is 0 Å². The molecule has 96 valence electrons. The summed E-state index contributed by atoms with van der Waals surface area (Å²) < 4.78 is 0. The van der Waals surface area contributed by atoms with Gasteiger partial charge in [-0.3, -0.25) is 0 Å². The molecule has 2 rings (SSSR count). The van der Waals surface area contributed by atoms with E-state index in [2.05, 4.69) is 33.5 Å². The normalized spacial score (nSPS) is 20.3. The molecule has 0 spiro atoms. The number of piperidine rings is 1. The van der Waals surface area contributed by atoms with Crippen molar-refractivity contribution < 1.29 is 0 Å². The number of likely N-dealkylation sites (N-methyl/N-ethyl adjacent to an activating group) is 1. The molecule has 1 atom stereocenters. The number of rotatable bonds is 4. The molecule has 5 heteroatoms. The Hall–Kier alpha value is -1.67. The third-order valence-electron chi connectivity index (χ3n) is 3.27. The van der Waals surface area contributed by atoms with Gasteiger partial charge in [0.1, 0.15) is 5.82 Å². The fourth-order valence-corrected chi connectivity index (χ4v) is 2.31. The number of hydrogen-bond acceptors (Lipinski definition) is 5. The maximum Gasteiger partial charge on any atom is 0.148 e. The van der Waals surface area contributed by atoms with Crippen LogP contribution in [0.5, 0.6) is 0 Å². The Kier molecular flexibility index (Phi) is 4.48. The summed E-state index contributed by atoms with van der Waals surface area (Å²) in [5.41, 5.74) is 1.08. The van der Waals surface area contributed by atoms with Gasteiger partial charge >= 0.3 is 0 Å². The minimum absolute atomic E-state index is 0.483. The molecule has 0 saturated carbocycles. The van der Waals surface area contributed by atoms with Gasteiger partial charge in [-0.2, -0.15) is 10.4 Å². The Balaban J connectivity index is 1.92. The molecule has 1 aromatic heterocycles. The lowest BCUT2D eigenvalue weighted by Crippen LogP contribution is -2.31. The zero-order valence-corrected chi connectivity index (χ0v) is 10.8. The lowest BCUT2D eigenvalue weighted by Gasteiger charge is -2.28. The van der Waals surface area contributed by atoms with E-state index in [1.807, 2.05) is 12.1 Å². The largest absolute Gasteiger partial charge is 0.368 e. The molecule has 1 aromatic rings. The second-order valence-electron chi connectivity index (χ2n) is 4.78. The van der Waals surface area contributed by atoms with Crippen molar-refractivity contribution in [3.8, 4) is 6.07 Å². The van der Waals surface area contributed by atoms with Crippen LogP contribution in [0.4, 0.5) is 5.82 Å². The molecule has 1 fully saturated rings. The van der Waals surface area contributed by atoms with Crippen LogP contribution in [0, 0.1) is 11.3 Å². The third kappa shape index (κ3) is 3.41. The Morgan fingerprint density at radius 3 is 3.06 bits per heavy atom. The van der Waals surface area contributed by atoms with Crippen molar-refractivity contribution in [2.75, 3.05) is 32.0 Å². The van der Waals surface area contributed by atoms with Gasteiger partial charge < -0.3 is 10.2 Å². The Labute approximate surface area is 108 Å². The second-order valence-corrected chi connectivity index (χ2v) is 4.78. The number of likely N-dealkylation sites (tertiary alicyclic amines) is 1. The predicted molar refractivity (Wildman–Crippen MR) is 70.2 cm³/mol. The summed E-state index contributed by atoms with van der Waals surface area (Å²) in [5, 5.41) is 20.0. The van der Waals surface area contributed by atoms with E-state index in [4.69, 9.17) is 5.26 Å². The van der Waals surface area contributed by atoms with Crippen molar-refractivity contribution in [3.63, 3.8) is 0 Å². The SMILES string of the molecule is CN1CCCC(c2ccc(NCCC#N)nn2)C1. The molecule has 1 aliphatic rings. The van der Waals surface area contributed by atoms with E-state index in [9.17, 15) is 0 Å². The minimum Gasteiger partial charge on any atom is -0.368 e. The summed E-state index contributed by atoms with van der Waals surface area (Å²) in [7, 11) is 2.15. The average Bonchev–Trinajstić information content (AvgIpc) is 2.40. The maximum absolute atomic E-state index is 8.45. The molecule has 5 nitrogen and oxygen atoms in total. The zero-order chi connectivity index (χ0) is 12.8. The van der Waals surface area contributed by atoms with Crippen LogP contribution in [0.2, 0.25) is 0 Å². The molecule has 0 amide bonds. The molecule has 1 N–H and O–H groups in total. The number of nitriles is 1. The van der Waals surface area contributed by atoms with Gasteiger partial charge in [-0.05, 0) is 38.6 Å². The number of anilines is 1. The number of aromatic nitrogens is 2. The summed E-state index contributed by atoms with van der Waals surface area (Å²) in [4.78, 5) is 2.34. The smallest absolute Gasteiger partial charge is 0.148 e. The lowest BCUT2D eigenvalue weighted by molar-refractivity contribution is 0.248. The van der Waals surface area contributed by atoms with E-state index in [0.717, 1.165) is 18.1 Å². The average molecular weight is 245 g/mol. The van der Waals surface area contributed by atoms with Gasteiger partial charge in [-0.15, -0.1) is 5.10 Å². The molecule has 1 aliphatic heterocycles. The maximum atomic E-state index is 8.45. The molecular formula is C13H19N5. The predicted octanol–water partition coefficient (Wildman–Crippen LogP) is 1.61. The Bertz CT molecular complexity index is 408. The van der Waals surface area contributed by atoms with E-state index in [1.165, 1.54) is 19.4 Å². The summed E-state index contributed by atoms with van der Waals surface area (Å²) in [6.07, 6.45) is 2.90. The molecule has 0 bridgehead atoms. The Morgan fingerprint density at radius 2 is 2.39 bits per heavy atom. The molecular weight excluding hydrogens is 226 g/mol. The summed E-state index contributed by atoms with van der Waals surface area (Å²) >= 11 is 0. The van der Waals surface area contributed by atoms with Crippen molar-refractivity contribution in [3.05, 3.63) is 17.8 Å². The first-order chi connectivity index (χ1) is 8.79. The van der Waals surface area contributed by atoms with E-state index in [0.29, 0.717) is 18.9 Å². The van der Waals surface area contributed by atoms with E-state index in [-0.39, 0.29) is 0 Å². The van der Waals surface area contributed by atoms with E-state index >= 15 is 0 Å². The van der Waals surface area contributed by atoms with Gasteiger partial charge in [0.05, 0.1) is 18.2 Å². The topological polar surface area (TPSA) is 64.8 Å². The van der Waals surface area contributed by atoms with Crippen molar-refractivity contribution >= 4 is 5.82 Å². The van der Waals surface area contributed by atoms with Crippen LogP contribution < -0.4 is 5.32 Å². The van der Waals surface area contributed by atoms with Crippen molar-refractivity contribution in [2.45, 2.75) is 25.2 Å². The van der Waals surface area contributed by atoms with Crippen LogP contribution in [0.1, 0.15) is 30.9 Å². The van der Waals surface area contributed by atoms with Crippen molar-refractivity contribution in [1.29, 1.82) is 5.26 Å². The highest BCUT2D eigenvalue weighted by Gasteiger charge is 2.20. The summed E-state index contributed by atoms with van der Waals surface area (Å²) in [5.74, 6) is 1.25. The molecule has 2 heterocycles. The fraction of sp³-hybridized carbons (Fsp3) is 0.615. The lowest BCUT2D eigenvalue weighted by atomic mass is 9.95. The van der Waals surface area contributed by atoms with Gasteiger partial charge in [0.15, 0.2) is 0 Å².